The molecule has 0 spiro atoms. The number of rotatable bonds is 6. The molecule has 1 aromatic carbocycles. The number of carbonyl (C=O) groups excluding carboxylic acids is 1. The molecule has 1 atom stereocenters. The van der Waals surface area contributed by atoms with E-state index >= 15 is 0 Å². The minimum Gasteiger partial charge on any atom is -0.356 e. The van der Waals surface area contributed by atoms with Gasteiger partial charge in [0.05, 0.1) is 22.6 Å². The van der Waals surface area contributed by atoms with Crippen molar-refractivity contribution in [3.05, 3.63) is 47.0 Å². The summed E-state index contributed by atoms with van der Waals surface area (Å²) in [5.41, 5.74) is 5.16. The molecule has 0 unspecified atom stereocenters. The van der Waals surface area contributed by atoms with E-state index in [1.165, 1.54) is 0 Å². The quantitative estimate of drug-likeness (QED) is 0.693. The van der Waals surface area contributed by atoms with Crippen LogP contribution in [0.4, 0.5) is 0 Å². The van der Waals surface area contributed by atoms with Crippen molar-refractivity contribution in [2.24, 2.45) is 7.05 Å². The third-order valence-electron chi connectivity index (χ3n) is 5.09. The number of amides is 1. The zero-order chi connectivity index (χ0) is 18.8. The number of nitrogens with one attached hydrogen (secondary N) is 1. The Bertz CT molecular complexity index is 937. The Morgan fingerprint density at radius 2 is 1.96 bits per heavy atom. The topological polar surface area (TPSA) is 64.7 Å². The second-order valence-electron chi connectivity index (χ2n) is 6.87. The minimum absolute atomic E-state index is 0.0522. The van der Waals surface area contributed by atoms with Crippen LogP contribution in [0.5, 0.6) is 0 Å². The summed E-state index contributed by atoms with van der Waals surface area (Å²) < 4.78 is 4.04. The first-order chi connectivity index (χ1) is 12.4. The largest absolute Gasteiger partial charge is 0.356 e. The summed E-state index contributed by atoms with van der Waals surface area (Å²) in [6.07, 6.45) is 0.866. The van der Waals surface area contributed by atoms with E-state index in [1.54, 1.807) is 0 Å². The fourth-order valence-electron chi connectivity index (χ4n) is 3.63. The second-order valence-corrected chi connectivity index (χ2v) is 6.87. The molecular weight excluding hydrogens is 326 g/mol. The van der Waals surface area contributed by atoms with Gasteiger partial charge in [-0.2, -0.15) is 5.10 Å². The van der Waals surface area contributed by atoms with E-state index in [0.717, 1.165) is 46.8 Å². The number of benzene rings is 1. The van der Waals surface area contributed by atoms with Crippen molar-refractivity contribution in [2.75, 3.05) is 6.54 Å². The fraction of sp³-hybridized carbons (Fsp3) is 0.450. The Balaban J connectivity index is 1.58. The van der Waals surface area contributed by atoms with Gasteiger partial charge in [0, 0.05) is 31.4 Å². The average Bonchev–Trinajstić information content (AvgIpc) is 3.06. The molecule has 3 rings (SSSR count). The van der Waals surface area contributed by atoms with Crippen molar-refractivity contribution < 1.29 is 4.79 Å². The molecule has 0 aliphatic heterocycles. The monoisotopic (exact) mass is 353 g/mol. The lowest BCUT2D eigenvalue weighted by Crippen LogP contribution is -2.30. The van der Waals surface area contributed by atoms with Crippen molar-refractivity contribution in [3.63, 3.8) is 0 Å². The Hall–Kier alpha value is -2.63. The highest BCUT2D eigenvalue weighted by Crippen LogP contribution is 2.23. The fourth-order valence-corrected chi connectivity index (χ4v) is 3.63. The molecule has 0 aliphatic carbocycles. The van der Waals surface area contributed by atoms with Crippen LogP contribution in [0, 0.1) is 20.8 Å². The lowest BCUT2D eigenvalue weighted by atomic mass is 9.98. The molecule has 0 saturated carbocycles. The van der Waals surface area contributed by atoms with E-state index in [9.17, 15) is 4.79 Å². The zero-order valence-corrected chi connectivity index (χ0v) is 16.2. The first kappa shape index (κ1) is 18.2. The van der Waals surface area contributed by atoms with Gasteiger partial charge in [0.2, 0.25) is 5.91 Å². The smallest absolute Gasteiger partial charge is 0.227 e. The van der Waals surface area contributed by atoms with Gasteiger partial charge < -0.3 is 9.88 Å². The SMILES string of the molecule is Cc1nn(C)c(C)c1[C@@H](C)C(=O)NCCCn1c(C)nc2ccccc21. The number of aryl methyl sites for hydroxylation is 4. The predicted molar refractivity (Wildman–Crippen MR) is 103 cm³/mol. The van der Waals surface area contributed by atoms with Crippen LogP contribution in [0.15, 0.2) is 24.3 Å². The number of fused-ring (bicyclic) bond motifs is 1. The molecule has 1 N–H and O–H groups in total. The number of para-hydroxylation sites is 2. The van der Waals surface area contributed by atoms with Crippen LogP contribution in [0.3, 0.4) is 0 Å². The average molecular weight is 353 g/mol. The van der Waals surface area contributed by atoms with Crippen molar-refractivity contribution in [2.45, 2.75) is 46.6 Å². The highest BCUT2D eigenvalue weighted by molar-refractivity contribution is 5.83. The summed E-state index contributed by atoms with van der Waals surface area (Å²) in [4.78, 5) is 17.1. The van der Waals surface area contributed by atoms with Gasteiger partial charge >= 0.3 is 0 Å². The first-order valence-corrected chi connectivity index (χ1v) is 9.09. The summed E-state index contributed by atoms with van der Waals surface area (Å²) in [5, 5.41) is 7.47. The lowest BCUT2D eigenvalue weighted by Gasteiger charge is -2.13. The second kappa shape index (κ2) is 7.32. The van der Waals surface area contributed by atoms with Gasteiger partial charge in [-0.25, -0.2) is 4.98 Å². The van der Waals surface area contributed by atoms with Crippen molar-refractivity contribution >= 4 is 16.9 Å². The van der Waals surface area contributed by atoms with E-state index < -0.39 is 0 Å². The Morgan fingerprint density at radius 1 is 1.23 bits per heavy atom. The van der Waals surface area contributed by atoms with Crippen molar-refractivity contribution in [3.8, 4) is 0 Å². The minimum atomic E-state index is -0.195. The normalized spacial score (nSPS) is 12.5. The van der Waals surface area contributed by atoms with Crippen LogP contribution in [-0.2, 0) is 18.4 Å². The van der Waals surface area contributed by atoms with Crippen molar-refractivity contribution in [1.82, 2.24) is 24.6 Å². The Kier molecular flexibility index (Phi) is 5.11. The van der Waals surface area contributed by atoms with Gasteiger partial charge in [0.15, 0.2) is 0 Å². The zero-order valence-electron chi connectivity index (χ0n) is 16.2. The van der Waals surface area contributed by atoms with Crippen LogP contribution in [0.25, 0.3) is 11.0 Å². The summed E-state index contributed by atoms with van der Waals surface area (Å²) in [6.45, 7) is 9.42. The maximum Gasteiger partial charge on any atom is 0.227 e. The standard InChI is InChI=1S/C20H27N5O/c1-13(19-14(2)23-24(5)15(19)3)20(26)21-11-8-12-25-16(4)22-17-9-6-7-10-18(17)25/h6-7,9-10,13H,8,11-12H2,1-5H3,(H,21,26)/t13-/m1/s1. The number of imidazole rings is 1. The molecule has 26 heavy (non-hydrogen) atoms. The predicted octanol–water partition coefficient (Wildman–Crippen LogP) is 3.01. The van der Waals surface area contributed by atoms with E-state index in [-0.39, 0.29) is 11.8 Å². The summed E-state index contributed by atoms with van der Waals surface area (Å²) >= 11 is 0. The highest BCUT2D eigenvalue weighted by Gasteiger charge is 2.22. The van der Waals surface area contributed by atoms with Crippen LogP contribution in [0.2, 0.25) is 0 Å². The van der Waals surface area contributed by atoms with E-state index in [4.69, 9.17) is 0 Å². The van der Waals surface area contributed by atoms with Gasteiger partial charge in [-0.1, -0.05) is 12.1 Å². The van der Waals surface area contributed by atoms with Gasteiger partial charge in [-0.3, -0.25) is 9.48 Å². The maximum absolute atomic E-state index is 12.5. The maximum atomic E-state index is 12.5. The molecule has 2 heterocycles. The van der Waals surface area contributed by atoms with Gasteiger partial charge in [0.25, 0.3) is 0 Å². The van der Waals surface area contributed by atoms with E-state index in [2.05, 4.69) is 26.0 Å². The van der Waals surface area contributed by atoms with Crippen molar-refractivity contribution in [1.29, 1.82) is 0 Å². The number of nitrogens with zero attached hydrogens (tertiary/aromatic N) is 4. The molecule has 6 heteroatoms. The number of aromatic nitrogens is 4. The molecular formula is C20H27N5O. The van der Waals surface area contributed by atoms with Crippen LogP contribution < -0.4 is 5.32 Å². The summed E-state index contributed by atoms with van der Waals surface area (Å²) in [7, 11) is 1.91. The van der Waals surface area contributed by atoms with Gasteiger partial charge in [-0.05, 0) is 46.2 Å². The first-order valence-electron chi connectivity index (χ1n) is 9.09. The summed E-state index contributed by atoms with van der Waals surface area (Å²) in [5.74, 6) is 0.864. The molecule has 0 aliphatic rings. The van der Waals surface area contributed by atoms with E-state index in [1.807, 2.05) is 57.6 Å². The number of hydrogen-bond donors (Lipinski definition) is 1. The van der Waals surface area contributed by atoms with Crippen LogP contribution >= 0.6 is 0 Å². The Labute approximate surface area is 154 Å². The molecule has 1 amide bonds. The summed E-state index contributed by atoms with van der Waals surface area (Å²) in [6, 6.07) is 8.15. The molecule has 2 aromatic heterocycles. The lowest BCUT2D eigenvalue weighted by molar-refractivity contribution is -0.122. The molecule has 0 saturated heterocycles. The van der Waals surface area contributed by atoms with Crippen LogP contribution in [0.1, 0.15) is 42.0 Å². The van der Waals surface area contributed by atoms with Gasteiger partial charge in [0.1, 0.15) is 5.82 Å². The highest BCUT2D eigenvalue weighted by atomic mass is 16.1. The van der Waals surface area contributed by atoms with E-state index in [0.29, 0.717) is 6.54 Å². The molecule has 0 radical (unpaired) electrons. The number of hydrogen-bond acceptors (Lipinski definition) is 3. The number of carbonyl (C=O) groups is 1. The molecule has 3 aromatic rings. The Morgan fingerprint density at radius 3 is 2.65 bits per heavy atom. The molecule has 138 valence electrons. The van der Waals surface area contributed by atoms with Gasteiger partial charge in [-0.15, -0.1) is 0 Å². The third-order valence-corrected chi connectivity index (χ3v) is 5.09. The third kappa shape index (κ3) is 3.36. The molecule has 0 bridgehead atoms. The molecule has 6 nitrogen and oxygen atoms in total. The molecule has 0 fully saturated rings. The van der Waals surface area contributed by atoms with Crippen LogP contribution in [-0.4, -0.2) is 31.8 Å².